The van der Waals surface area contributed by atoms with Crippen molar-refractivity contribution in [3.05, 3.63) is 0 Å². The normalized spacial score (nSPS) is 40.0. The summed E-state index contributed by atoms with van der Waals surface area (Å²) in [6.07, 6.45) is -0.343. The predicted octanol–water partition coefficient (Wildman–Crippen LogP) is 0.400. The van der Waals surface area contributed by atoms with E-state index in [2.05, 4.69) is 9.24 Å². The first-order chi connectivity index (χ1) is 4.09. The third-order valence-electron chi connectivity index (χ3n) is 1.96. The van der Waals surface area contributed by atoms with Crippen LogP contribution in [0.15, 0.2) is 0 Å². The maximum atomic E-state index is 9.17. The van der Waals surface area contributed by atoms with Gasteiger partial charge in [0, 0.05) is 5.66 Å². The Hall–Kier alpha value is 0.350. The molecule has 0 aliphatic carbocycles. The molecule has 1 saturated heterocycles. The Labute approximate surface area is 57.8 Å². The molecule has 0 aromatic rings. The molecule has 0 radical (unpaired) electrons. The third-order valence-corrected chi connectivity index (χ3v) is 2.52. The first kappa shape index (κ1) is 7.46. The van der Waals surface area contributed by atoms with Gasteiger partial charge in [0.2, 0.25) is 0 Å². The summed E-state index contributed by atoms with van der Waals surface area (Å²) in [5, 5.41) is 9.17. The second-order valence-corrected chi connectivity index (χ2v) is 3.71. The van der Waals surface area contributed by atoms with Gasteiger partial charge in [0.1, 0.15) is 5.60 Å². The van der Waals surface area contributed by atoms with Crippen LogP contribution < -0.4 is 0 Å². The lowest BCUT2D eigenvalue weighted by Crippen LogP contribution is -2.34. The van der Waals surface area contributed by atoms with Gasteiger partial charge in [-0.1, -0.05) is 6.92 Å². The van der Waals surface area contributed by atoms with Crippen LogP contribution in [0.5, 0.6) is 0 Å². The molecule has 1 aliphatic rings. The predicted molar refractivity (Wildman–Crippen MR) is 39.5 cm³/mol. The van der Waals surface area contributed by atoms with E-state index in [9.17, 15) is 5.11 Å². The lowest BCUT2D eigenvalue weighted by atomic mass is 10.0. The number of ether oxygens (including phenoxy) is 1. The minimum absolute atomic E-state index is 0.231. The average molecular weight is 148 g/mol. The molecule has 1 aliphatic heterocycles. The molecule has 4 unspecified atom stereocenters. The summed E-state index contributed by atoms with van der Waals surface area (Å²) in [5.74, 6) is 0. The van der Waals surface area contributed by atoms with Gasteiger partial charge in [-0.15, -0.1) is 9.24 Å². The van der Waals surface area contributed by atoms with Gasteiger partial charge >= 0.3 is 0 Å². The molecule has 0 aromatic heterocycles. The van der Waals surface area contributed by atoms with E-state index in [1.165, 1.54) is 0 Å². The number of aliphatic hydroxyl groups excluding tert-OH is 1. The SMILES string of the molecule is CC(O)C1(C(C)P)CO1. The maximum Gasteiger partial charge on any atom is 0.123 e. The van der Waals surface area contributed by atoms with Crippen LogP contribution >= 0.6 is 9.24 Å². The Morgan fingerprint density at radius 2 is 2.11 bits per heavy atom. The molecule has 1 heterocycles. The van der Waals surface area contributed by atoms with E-state index >= 15 is 0 Å². The highest BCUT2D eigenvalue weighted by molar-refractivity contribution is 7.17. The van der Waals surface area contributed by atoms with Crippen molar-refractivity contribution in [3.8, 4) is 0 Å². The van der Waals surface area contributed by atoms with Crippen LogP contribution in [0.1, 0.15) is 13.8 Å². The lowest BCUT2D eigenvalue weighted by molar-refractivity contribution is 0.0903. The van der Waals surface area contributed by atoms with Crippen LogP contribution in [0.3, 0.4) is 0 Å². The molecule has 0 amide bonds. The lowest BCUT2D eigenvalue weighted by Gasteiger charge is -2.18. The van der Waals surface area contributed by atoms with Gasteiger partial charge in [0.15, 0.2) is 0 Å². The van der Waals surface area contributed by atoms with Crippen LogP contribution in [0, 0.1) is 0 Å². The summed E-state index contributed by atoms with van der Waals surface area (Å²) in [6.45, 7) is 4.51. The Balaban J connectivity index is 2.52. The highest BCUT2D eigenvalue weighted by atomic mass is 31.0. The van der Waals surface area contributed by atoms with Crippen molar-refractivity contribution >= 4 is 9.24 Å². The molecule has 0 saturated carbocycles. The molecule has 1 N–H and O–H groups in total. The molecule has 4 atom stereocenters. The van der Waals surface area contributed by atoms with Crippen molar-refractivity contribution in [2.45, 2.75) is 31.2 Å². The fourth-order valence-electron chi connectivity index (χ4n) is 0.968. The van der Waals surface area contributed by atoms with Crippen LogP contribution in [0.4, 0.5) is 0 Å². The van der Waals surface area contributed by atoms with Gasteiger partial charge < -0.3 is 9.84 Å². The summed E-state index contributed by atoms with van der Waals surface area (Å²) < 4.78 is 5.15. The average Bonchev–Trinajstić information content (AvgIpc) is 2.40. The summed E-state index contributed by atoms with van der Waals surface area (Å²) in [7, 11) is 2.65. The van der Waals surface area contributed by atoms with Crippen LogP contribution in [0.25, 0.3) is 0 Å². The maximum absolute atomic E-state index is 9.17. The van der Waals surface area contributed by atoms with Gasteiger partial charge in [-0.05, 0) is 6.92 Å². The topological polar surface area (TPSA) is 32.8 Å². The summed E-state index contributed by atoms with van der Waals surface area (Å²) in [5.41, 5.74) is 0.113. The minimum Gasteiger partial charge on any atom is -0.390 e. The van der Waals surface area contributed by atoms with E-state index < -0.39 is 0 Å². The zero-order valence-electron chi connectivity index (χ0n) is 5.79. The number of epoxide rings is 1. The molecule has 0 aromatic carbocycles. The third kappa shape index (κ3) is 1.12. The molecule has 2 nitrogen and oxygen atoms in total. The molecule has 54 valence electrons. The van der Waals surface area contributed by atoms with Crippen molar-refractivity contribution in [3.63, 3.8) is 0 Å². The number of aliphatic hydroxyl groups is 1. The molecule has 1 rings (SSSR count). The minimum atomic E-state index is -0.343. The van der Waals surface area contributed by atoms with Crippen molar-refractivity contribution in [2.24, 2.45) is 0 Å². The highest BCUT2D eigenvalue weighted by Crippen LogP contribution is 2.38. The number of rotatable bonds is 2. The van der Waals surface area contributed by atoms with E-state index in [1.807, 2.05) is 6.92 Å². The van der Waals surface area contributed by atoms with Crippen molar-refractivity contribution < 1.29 is 9.84 Å². The Morgan fingerprint density at radius 3 is 2.11 bits per heavy atom. The van der Waals surface area contributed by atoms with E-state index in [1.54, 1.807) is 6.92 Å². The largest absolute Gasteiger partial charge is 0.390 e. The Kier molecular flexibility index (Phi) is 1.81. The van der Waals surface area contributed by atoms with E-state index in [0.717, 1.165) is 0 Å². The number of hydrogen-bond acceptors (Lipinski definition) is 2. The first-order valence-corrected chi connectivity index (χ1v) is 3.84. The van der Waals surface area contributed by atoms with E-state index in [4.69, 9.17) is 4.74 Å². The van der Waals surface area contributed by atoms with Crippen molar-refractivity contribution in [2.75, 3.05) is 6.61 Å². The second kappa shape index (κ2) is 2.19. The van der Waals surface area contributed by atoms with Gasteiger partial charge in [-0.3, -0.25) is 0 Å². The highest BCUT2D eigenvalue weighted by Gasteiger charge is 2.51. The fraction of sp³-hybridized carbons (Fsp3) is 1.00. The molecular weight excluding hydrogens is 135 g/mol. The van der Waals surface area contributed by atoms with Gasteiger partial charge in [0.05, 0.1) is 12.7 Å². The monoisotopic (exact) mass is 148 g/mol. The number of hydrogen-bond donors (Lipinski definition) is 1. The zero-order valence-corrected chi connectivity index (χ0v) is 6.95. The standard InChI is InChI=1S/C6H13O2P/c1-4(7)6(3-8-6)5(2)9/h4-5,7H,3,9H2,1-2H3. The summed E-state index contributed by atoms with van der Waals surface area (Å²) in [4.78, 5) is 0. The molecule has 3 heteroatoms. The molecule has 9 heavy (non-hydrogen) atoms. The zero-order chi connectivity index (χ0) is 7.07. The fourth-order valence-corrected chi connectivity index (χ4v) is 1.44. The molecule has 0 spiro atoms. The molecule has 1 fully saturated rings. The van der Waals surface area contributed by atoms with Gasteiger partial charge in [-0.2, -0.15) is 0 Å². The van der Waals surface area contributed by atoms with Gasteiger partial charge in [-0.25, -0.2) is 0 Å². The Morgan fingerprint density at radius 1 is 1.67 bits per heavy atom. The molecule has 0 bridgehead atoms. The van der Waals surface area contributed by atoms with Crippen molar-refractivity contribution in [1.82, 2.24) is 0 Å². The van der Waals surface area contributed by atoms with Gasteiger partial charge in [0.25, 0.3) is 0 Å². The Bertz CT molecular complexity index is 97.6. The summed E-state index contributed by atoms with van der Waals surface area (Å²) >= 11 is 0. The summed E-state index contributed by atoms with van der Waals surface area (Å²) in [6, 6.07) is 0. The van der Waals surface area contributed by atoms with E-state index in [-0.39, 0.29) is 11.7 Å². The van der Waals surface area contributed by atoms with E-state index in [0.29, 0.717) is 12.3 Å². The quantitative estimate of drug-likeness (QED) is 0.454. The smallest absolute Gasteiger partial charge is 0.123 e. The second-order valence-electron chi connectivity index (χ2n) is 2.71. The van der Waals surface area contributed by atoms with Crippen LogP contribution in [0.2, 0.25) is 0 Å². The first-order valence-electron chi connectivity index (χ1n) is 3.17. The van der Waals surface area contributed by atoms with Crippen molar-refractivity contribution in [1.29, 1.82) is 0 Å². The van der Waals surface area contributed by atoms with Crippen LogP contribution in [-0.4, -0.2) is 29.1 Å². The van der Waals surface area contributed by atoms with Crippen LogP contribution in [-0.2, 0) is 4.74 Å². The molecular formula is C6H13O2P.